The summed E-state index contributed by atoms with van der Waals surface area (Å²) in [6, 6.07) is 5.16. The summed E-state index contributed by atoms with van der Waals surface area (Å²) in [4.78, 5) is 12.4. The number of halogens is 2. The fourth-order valence-corrected chi connectivity index (χ4v) is 2.64. The fourth-order valence-electron chi connectivity index (χ4n) is 2.24. The summed E-state index contributed by atoms with van der Waals surface area (Å²) in [5, 5.41) is 0.769. The molecular weight excluding hydrogens is 259 g/mol. The van der Waals surface area contributed by atoms with Crippen LogP contribution in [0, 0.1) is 5.92 Å². The molecule has 0 amide bonds. The van der Waals surface area contributed by atoms with E-state index in [0.717, 1.165) is 12.8 Å². The van der Waals surface area contributed by atoms with E-state index in [0.29, 0.717) is 22.2 Å². The molecule has 17 heavy (non-hydrogen) atoms. The van der Waals surface area contributed by atoms with Crippen molar-refractivity contribution in [2.45, 2.75) is 25.9 Å². The number of benzene rings is 1. The van der Waals surface area contributed by atoms with Crippen LogP contribution >= 0.6 is 23.2 Å². The standard InChI is InChI=1S/C13H14Cl2O2/c1-2-11-8(6-7-17-11)13(16)9-4-3-5-10(14)12(9)15/h3-5,8,11H,2,6-7H2,1H3. The average molecular weight is 273 g/mol. The molecule has 1 aromatic rings. The lowest BCUT2D eigenvalue weighted by Gasteiger charge is -2.16. The second-order valence-electron chi connectivity index (χ2n) is 4.18. The van der Waals surface area contributed by atoms with E-state index in [-0.39, 0.29) is 17.8 Å². The largest absolute Gasteiger partial charge is 0.377 e. The minimum atomic E-state index is -0.0871. The number of hydrogen-bond acceptors (Lipinski definition) is 2. The van der Waals surface area contributed by atoms with E-state index < -0.39 is 0 Å². The van der Waals surface area contributed by atoms with Crippen LogP contribution in [0.5, 0.6) is 0 Å². The zero-order chi connectivity index (χ0) is 12.4. The molecule has 92 valence electrons. The van der Waals surface area contributed by atoms with Crippen molar-refractivity contribution in [1.82, 2.24) is 0 Å². The third-order valence-corrected chi connectivity index (χ3v) is 3.98. The van der Waals surface area contributed by atoms with Gasteiger partial charge in [-0.25, -0.2) is 0 Å². The van der Waals surface area contributed by atoms with Crippen molar-refractivity contribution in [3.63, 3.8) is 0 Å². The van der Waals surface area contributed by atoms with Gasteiger partial charge in [0.15, 0.2) is 5.78 Å². The van der Waals surface area contributed by atoms with Gasteiger partial charge in [0.25, 0.3) is 0 Å². The molecule has 2 unspecified atom stereocenters. The van der Waals surface area contributed by atoms with Gasteiger partial charge in [-0.15, -0.1) is 0 Å². The van der Waals surface area contributed by atoms with Crippen LogP contribution in [0.3, 0.4) is 0 Å². The van der Waals surface area contributed by atoms with Crippen molar-refractivity contribution in [2.24, 2.45) is 5.92 Å². The zero-order valence-corrected chi connectivity index (χ0v) is 11.1. The van der Waals surface area contributed by atoms with Gasteiger partial charge in [0, 0.05) is 12.2 Å². The number of ketones is 1. The summed E-state index contributed by atoms with van der Waals surface area (Å²) in [6.45, 7) is 2.67. The lowest BCUT2D eigenvalue weighted by atomic mass is 9.90. The topological polar surface area (TPSA) is 26.3 Å². The van der Waals surface area contributed by atoms with Crippen LogP contribution in [0.1, 0.15) is 30.1 Å². The molecule has 0 saturated carbocycles. The summed E-state index contributed by atoms with van der Waals surface area (Å²) in [5.41, 5.74) is 0.508. The van der Waals surface area contributed by atoms with E-state index in [2.05, 4.69) is 0 Å². The lowest BCUT2D eigenvalue weighted by molar-refractivity contribution is 0.0689. The highest BCUT2D eigenvalue weighted by molar-refractivity contribution is 6.44. The second kappa shape index (κ2) is 5.38. The summed E-state index contributed by atoms with van der Waals surface area (Å²) in [6.07, 6.45) is 1.62. The number of hydrogen-bond donors (Lipinski definition) is 0. The number of rotatable bonds is 3. The van der Waals surface area contributed by atoms with Crippen LogP contribution in [0.4, 0.5) is 0 Å². The first-order chi connectivity index (χ1) is 8.15. The van der Waals surface area contributed by atoms with Crippen LogP contribution in [0.2, 0.25) is 10.0 Å². The van der Waals surface area contributed by atoms with Crippen LogP contribution in [-0.2, 0) is 4.74 Å². The molecule has 2 rings (SSSR count). The Morgan fingerprint density at radius 3 is 2.94 bits per heavy atom. The van der Waals surface area contributed by atoms with Gasteiger partial charge in [-0.3, -0.25) is 4.79 Å². The molecule has 0 spiro atoms. The quantitative estimate of drug-likeness (QED) is 0.778. The summed E-state index contributed by atoms with van der Waals surface area (Å²) in [5.74, 6) is -0.0437. The molecule has 1 heterocycles. The monoisotopic (exact) mass is 272 g/mol. The van der Waals surface area contributed by atoms with E-state index in [1.165, 1.54) is 0 Å². The molecule has 1 aromatic carbocycles. The van der Waals surface area contributed by atoms with Crippen molar-refractivity contribution in [2.75, 3.05) is 6.61 Å². The number of carbonyl (C=O) groups excluding carboxylic acids is 1. The highest BCUT2D eigenvalue weighted by Gasteiger charge is 2.34. The first-order valence-corrected chi connectivity index (χ1v) is 6.50. The Labute approximate surface area is 111 Å². The third-order valence-electron chi connectivity index (χ3n) is 3.17. The minimum Gasteiger partial charge on any atom is -0.377 e. The first-order valence-electron chi connectivity index (χ1n) is 5.75. The fraction of sp³-hybridized carbons (Fsp3) is 0.462. The Morgan fingerprint density at radius 1 is 1.47 bits per heavy atom. The Morgan fingerprint density at radius 2 is 2.24 bits per heavy atom. The van der Waals surface area contributed by atoms with E-state index >= 15 is 0 Å². The Balaban J connectivity index is 2.28. The van der Waals surface area contributed by atoms with Crippen LogP contribution < -0.4 is 0 Å². The maximum absolute atomic E-state index is 12.4. The lowest BCUT2D eigenvalue weighted by Crippen LogP contribution is -2.24. The number of carbonyl (C=O) groups is 1. The molecule has 1 fully saturated rings. The van der Waals surface area contributed by atoms with E-state index in [9.17, 15) is 4.79 Å². The van der Waals surface area contributed by atoms with Crippen molar-refractivity contribution in [3.05, 3.63) is 33.8 Å². The number of Topliss-reactive ketones (excluding diaryl/α,β-unsaturated/α-hetero) is 1. The third kappa shape index (κ3) is 2.49. The Bertz CT molecular complexity index is 431. The van der Waals surface area contributed by atoms with Gasteiger partial charge in [0.05, 0.1) is 22.1 Å². The second-order valence-corrected chi connectivity index (χ2v) is 4.96. The molecule has 1 aliphatic rings. The maximum Gasteiger partial charge on any atom is 0.170 e. The number of ether oxygens (including phenoxy) is 1. The predicted octanol–water partition coefficient (Wildman–Crippen LogP) is 3.99. The zero-order valence-electron chi connectivity index (χ0n) is 9.58. The predicted molar refractivity (Wildman–Crippen MR) is 68.9 cm³/mol. The molecule has 1 aliphatic heterocycles. The van der Waals surface area contributed by atoms with Crippen LogP contribution in [0.15, 0.2) is 18.2 Å². The molecular formula is C13H14Cl2O2. The van der Waals surface area contributed by atoms with Crippen molar-refractivity contribution < 1.29 is 9.53 Å². The summed E-state index contributed by atoms with van der Waals surface area (Å²) < 4.78 is 5.53. The van der Waals surface area contributed by atoms with Gasteiger partial charge >= 0.3 is 0 Å². The molecule has 0 aromatic heterocycles. The minimum absolute atomic E-state index is 0.0116. The molecule has 2 atom stereocenters. The smallest absolute Gasteiger partial charge is 0.170 e. The Hall–Kier alpha value is -0.570. The molecule has 4 heteroatoms. The SMILES string of the molecule is CCC1OCCC1C(=O)c1cccc(Cl)c1Cl. The molecule has 0 bridgehead atoms. The van der Waals surface area contributed by atoms with Crippen molar-refractivity contribution in [1.29, 1.82) is 0 Å². The highest BCUT2D eigenvalue weighted by atomic mass is 35.5. The van der Waals surface area contributed by atoms with E-state index in [1.807, 2.05) is 6.92 Å². The van der Waals surface area contributed by atoms with Gasteiger partial charge in [0.2, 0.25) is 0 Å². The van der Waals surface area contributed by atoms with E-state index in [4.69, 9.17) is 27.9 Å². The first kappa shape index (κ1) is 12.9. The van der Waals surface area contributed by atoms with Gasteiger partial charge in [0.1, 0.15) is 0 Å². The normalized spacial score (nSPS) is 23.9. The Kier molecular flexibility index (Phi) is 4.08. The molecule has 0 aliphatic carbocycles. The molecule has 1 saturated heterocycles. The summed E-state index contributed by atoms with van der Waals surface area (Å²) >= 11 is 12.0. The van der Waals surface area contributed by atoms with Crippen molar-refractivity contribution in [3.8, 4) is 0 Å². The average Bonchev–Trinajstić information content (AvgIpc) is 2.80. The van der Waals surface area contributed by atoms with Gasteiger partial charge in [-0.2, -0.15) is 0 Å². The molecule has 0 N–H and O–H groups in total. The maximum atomic E-state index is 12.4. The highest BCUT2D eigenvalue weighted by Crippen LogP contribution is 2.32. The molecule has 2 nitrogen and oxygen atoms in total. The molecule has 0 radical (unpaired) electrons. The van der Waals surface area contributed by atoms with Crippen LogP contribution in [-0.4, -0.2) is 18.5 Å². The van der Waals surface area contributed by atoms with E-state index in [1.54, 1.807) is 18.2 Å². The van der Waals surface area contributed by atoms with Gasteiger partial charge in [-0.1, -0.05) is 36.2 Å². The van der Waals surface area contributed by atoms with Crippen molar-refractivity contribution >= 4 is 29.0 Å². The van der Waals surface area contributed by atoms with Crippen LogP contribution in [0.25, 0.3) is 0 Å². The van der Waals surface area contributed by atoms with Gasteiger partial charge in [-0.05, 0) is 25.0 Å². The summed E-state index contributed by atoms with van der Waals surface area (Å²) in [7, 11) is 0. The van der Waals surface area contributed by atoms with Gasteiger partial charge < -0.3 is 4.74 Å².